The Morgan fingerprint density at radius 3 is 2.63 bits per heavy atom. The molecule has 2 aromatic carbocycles. The van der Waals surface area contributed by atoms with Gasteiger partial charge in [-0.2, -0.15) is 5.10 Å². The standard InChI is InChI=1S/C21H24N6/c1-3-13-26(4-2)14-16-9-11-17(12-10-16)27-15-20(23-25-27)21-18-7-5-6-8-19(18)22-24-21/h5-12,15H,3-4,13-14H2,1-2H3,(H,22,24). The third kappa shape index (κ3) is 3.61. The molecule has 0 aliphatic carbocycles. The van der Waals surface area contributed by atoms with Gasteiger partial charge in [0.2, 0.25) is 0 Å². The van der Waals surface area contributed by atoms with Crippen LogP contribution in [0.2, 0.25) is 0 Å². The number of para-hydroxylation sites is 1. The SMILES string of the molecule is CCCN(CC)Cc1ccc(-n2cc(-c3n[nH]c4ccccc34)nn2)cc1. The van der Waals surface area contributed by atoms with Gasteiger partial charge in [0, 0.05) is 11.9 Å². The first-order chi connectivity index (χ1) is 13.3. The fourth-order valence-electron chi connectivity index (χ4n) is 3.33. The van der Waals surface area contributed by atoms with E-state index >= 15 is 0 Å². The molecule has 0 aliphatic rings. The molecular formula is C21H24N6. The summed E-state index contributed by atoms with van der Waals surface area (Å²) in [6, 6.07) is 16.6. The average molecular weight is 360 g/mol. The fraction of sp³-hybridized carbons (Fsp3) is 0.286. The highest BCUT2D eigenvalue weighted by Gasteiger charge is 2.12. The summed E-state index contributed by atoms with van der Waals surface area (Å²) in [5.74, 6) is 0. The van der Waals surface area contributed by atoms with Crippen LogP contribution >= 0.6 is 0 Å². The molecule has 0 fully saturated rings. The second-order valence-corrected chi connectivity index (χ2v) is 6.70. The van der Waals surface area contributed by atoms with Gasteiger partial charge < -0.3 is 0 Å². The Hall–Kier alpha value is -2.99. The van der Waals surface area contributed by atoms with Crippen LogP contribution in [0.4, 0.5) is 0 Å². The van der Waals surface area contributed by atoms with Crippen LogP contribution in [0.1, 0.15) is 25.8 Å². The van der Waals surface area contributed by atoms with Crippen molar-refractivity contribution < 1.29 is 0 Å². The first-order valence-electron chi connectivity index (χ1n) is 9.46. The van der Waals surface area contributed by atoms with E-state index in [4.69, 9.17) is 0 Å². The van der Waals surface area contributed by atoms with E-state index < -0.39 is 0 Å². The van der Waals surface area contributed by atoms with Crippen LogP contribution in [0.15, 0.2) is 54.7 Å². The maximum absolute atomic E-state index is 4.40. The predicted octanol–water partition coefficient (Wildman–Crippen LogP) is 4.04. The lowest BCUT2D eigenvalue weighted by Gasteiger charge is -2.19. The van der Waals surface area contributed by atoms with Gasteiger partial charge in [-0.3, -0.25) is 10.00 Å². The third-order valence-corrected chi connectivity index (χ3v) is 4.80. The number of fused-ring (bicyclic) bond motifs is 1. The van der Waals surface area contributed by atoms with Crippen molar-refractivity contribution in [1.82, 2.24) is 30.1 Å². The van der Waals surface area contributed by atoms with E-state index in [0.717, 1.165) is 47.6 Å². The predicted molar refractivity (Wildman–Crippen MR) is 108 cm³/mol. The summed E-state index contributed by atoms with van der Waals surface area (Å²) < 4.78 is 1.80. The lowest BCUT2D eigenvalue weighted by Crippen LogP contribution is -2.23. The molecule has 4 rings (SSSR count). The average Bonchev–Trinajstić information content (AvgIpc) is 3.35. The number of nitrogens with one attached hydrogen (secondary N) is 1. The van der Waals surface area contributed by atoms with Crippen molar-refractivity contribution in [3.63, 3.8) is 0 Å². The molecule has 0 saturated carbocycles. The smallest absolute Gasteiger partial charge is 0.134 e. The largest absolute Gasteiger partial charge is 0.299 e. The summed E-state index contributed by atoms with van der Waals surface area (Å²) >= 11 is 0. The number of aromatic nitrogens is 5. The minimum Gasteiger partial charge on any atom is -0.299 e. The molecule has 2 heterocycles. The van der Waals surface area contributed by atoms with Crippen LogP contribution < -0.4 is 0 Å². The molecule has 4 aromatic rings. The highest BCUT2D eigenvalue weighted by atomic mass is 15.4. The quantitative estimate of drug-likeness (QED) is 0.540. The van der Waals surface area contributed by atoms with Gasteiger partial charge in [0.1, 0.15) is 11.4 Å². The molecule has 138 valence electrons. The van der Waals surface area contributed by atoms with Gasteiger partial charge in [0.05, 0.1) is 17.4 Å². The molecule has 0 saturated heterocycles. The second kappa shape index (κ2) is 7.72. The van der Waals surface area contributed by atoms with Crippen molar-refractivity contribution in [2.24, 2.45) is 0 Å². The van der Waals surface area contributed by atoms with Crippen molar-refractivity contribution in [1.29, 1.82) is 0 Å². The molecule has 1 N–H and O–H groups in total. The molecule has 0 radical (unpaired) electrons. The number of nitrogens with zero attached hydrogens (tertiary/aromatic N) is 5. The summed E-state index contributed by atoms with van der Waals surface area (Å²) in [6.07, 6.45) is 3.10. The van der Waals surface area contributed by atoms with Gasteiger partial charge in [0.15, 0.2) is 0 Å². The van der Waals surface area contributed by atoms with Gasteiger partial charge in [-0.25, -0.2) is 4.68 Å². The molecule has 0 bridgehead atoms. The Balaban J connectivity index is 1.55. The Kier molecular flexibility index (Phi) is 4.98. The summed E-state index contributed by atoms with van der Waals surface area (Å²) in [5.41, 5.74) is 4.89. The van der Waals surface area contributed by atoms with Crippen molar-refractivity contribution in [3.05, 3.63) is 60.3 Å². The van der Waals surface area contributed by atoms with E-state index in [0.29, 0.717) is 0 Å². The van der Waals surface area contributed by atoms with Gasteiger partial charge in [-0.1, -0.05) is 49.4 Å². The van der Waals surface area contributed by atoms with E-state index in [1.807, 2.05) is 30.5 Å². The topological polar surface area (TPSA) is 62.6 Å². The highest BCUT2D eigenvalue weighted by Crippen LogP contribution is 2.24. The van der Waals surface area contributed by atoms with Crippen molar-refractivity contribution in [2.75, 3.05) is 13.1 Å². The number of aromatic amines is 1. The van der Waals surface area contributed by atoms with Crippen molar-refractivity contribution in [2.45, 2.75) is 26.8 Å². The molecule has 0 spiro atoms. The first-order valence-corrected chi connectivity index (χ1v) is 9.46. The van der Waals surface area contributed by atoms with E-state index in [-0.39, 0.29) is 0 Å². The third-order valence-electron chi connectivity index (χ3n) is 4.80. The summed E-state index contributed by atoms with van der Waals surface area (Å²) in [4.78, 5) is 2.45. The molecule has 0 aliphatic heterocycles. The normalized spacial score (nSPS) is 11.5. The van der Waals surface area contributed by atoms with Gasteiger partial charge >= 0.3 is 0 Å². The van der Waals surface area contributed by atoms with Crippen molar-refractivity contribution >= 4 is 10.9 Å². The first kappa shape index (κ1) is 17.4. The highest BCUT2D eigenvalue weighted by molar-refractivity contribution is 5.91. The number of benzene rings is 2. The minimum absolute atomic E-state index is 0.761. The van der Waals surface area contributed by atoms with Crippen LogP contribution in [-0.2, 0) is 6.54 Å². The van der Waals surface area contributed by atoms with Gasteiger partial charge in [-0.05, 0) is 43.3 Å². The Morgan fingerprint density at radius 2 is 1.85 bits per heavy atom. The molecule has 2 aromatic heterocycles. The monoisotopic (exact) mass is 360 g/mol. The number of hydrogen-bond acceptors (Lipinski definition) is 4. The summed E-state index contributed by atoms with van der Waals surface area (Å²) in [6.45, 7) is 7.60. The maximum atomic E-state index is 4.40. The van der Waals surface area contributed by atoms with Crippen LogP contribution in [0.5, 0.6) is 0 Å². The number of rotatable bonds is 7. The molecule has 27 heavy (non-hydrogen) atoms. The maximum Gasteiger partial charge on any atom is 0.134 e. The molecular weight excluding hydrogens is 336 g/mol. The lowest BCUT2D eigenvalue weighted by molar-refractivity contribution is 0.280. The Morgan fingerprint density at radius 1 is 1.04 bits per heavy atom. The number of H-pyrrole nitrogens is 1. The zero-order valence-electron chi connectivity index (χ0n) is 15.8. The van der Waals surface area contributed by atoms with E-state index in [2.05, 4.69) is 63.5 Å². The Labute approximate surface area is 158 Å². The summed E-state index contributed by atoms with van der Waals surface area (Å²) in [7, 11) is 0. The number of hydrogen-bond donors (Lipinski definition) is 1. The van der Waals surface area contributed by atoms with E-state index in [1.165, 1.54) is 12.0 Å². The molecule has 0 amide bonds. The van der Waals surface area contributed by atoms with E-state index in [1.54, 1.807) is 4.68 Å². The molecule has 6 heteroatoms. The van der Waals surface area contributed by atoms with Gasteiger partial charge in [-0.15, -0.1) is 5.10 Å². The van der Waals surface area contributed by atoms with Crippen LogP contribution in [0.3, 0.4) is 0 Å². The van der Waals surface area contributed by atoms with Crippen LogP contribution in [-0.4, -0.2) is 43.2 Å². The second-order valence-electron chi connectivity index (χ2n) is 6.70. The Bertz CT molecular complexity index is 1010. The zero-order valence-corrected chi connectivity index (χ0v) is 15.8. The minimum atomic E-state index is 0.761. The molecule has 0 unspecified atom stereocenters. The lowest BCUT2D eigenvalue weighted by atomic mass is 10.2. The van der Waals surface area contributed by atoms with Crippen LogP contribution in [0.25, 0.3) is 28.0 Å². The summed E-state index contributed by atoms with van der Waals surface area (Å²) in [5, 5.41) is 17.1. The molecule has 6 nitrogen and oxygen atoms in total. The van der Waals surface area contributed by atoms with E-state index in [9.17, 15) is 0 Å². The fourth-order valence-corrected chi connectivity index (χ4v) is 3.33. The van der Waals surface area contributed by atoms with Crippen LogP contribution in [0, 0.1) is 0 Å². The zero-order chi connectivity index (χ0) is 18.6. The van der Waals surface area contributed by atoms with Gasteiger partial charge in [0.25, 0.3) is 0 Å². The molecule has 0 atom stereocenters. The van der Waals surface area contributed by atoms with Crippen molar-refractivity contribution in [3.8, 4) is 17.1 Å².